The van der Waals surface area contributed by atoms with Gasteiger partial charge >= 0.3 is 0 Å². The highest BCUT2D eigenvalue weighted by Gasteiger charge is 2.19. The molecule has 0 aromatic heterocycles. The third kappa shape index (κ3) is 4.84. The molecule has 5 heteroatoms. The molecule has 0 aliphatic carbocycles. The smallest absolute Gasteiger partial charge is 0.251 e. The van der Waals surface area contributed by atoms with Crippen molar-refractivity contribution in [3.8, 4) is 5.75 Å². The molecule has 0 heterocycles. The number of hydrogen-bond donors (Lipinski definition) is 1. The van der Waals surface area contributed by atoms with Gasteiger partial charge in [0.05, 0.1) is 17.2 Å². The lowest BCUT2D eigenvalue weighted by Gasteiger charge is -2.24. The van der Waals surface area contributed by atoms with Crippen molar-refractivity contribution < 1.29 is 14.3 Å². The minimum atomic E-state index is -0.367. The lowest BCUT2D eigenvalue weighted by Crippen LogP contribution is -2.40. The maximum atomic E-state index is 12.0. The Labute approximate surface area is 122 Å². The lowest BCUT2D eigenvalue weighted by atomic mass is 10.1. The number of rotatable bonds is 6. The second-order valence-corrected chi connectivity index (χ2v) is 5.58. The highest BCUT2D eigenvalue weighted by Crippen LogP contribution is 2.25. The summed E-state index contributed by atoms with van der Waals surface area (Å²) in [5.74, 6) is 0.572. The number of methoxy groups -OCH3 is 1. The maximum absolute atomic E-state index is 12.0. The Kier molecular flexibility index (Phi) is 5.82. The van der Waals surface area contributed by atoms with E-state index < -0.39 is 0 Å². The van der Waals surface area contributed by atoms with E-state index in [2.05, 4.69) is 21.2 Å². The van der Waals surface area contributed by atoms with Crippen molar-refractivity contribution in [2.24, 2.45) is 0 Å². The first-order chi connectivity index (χ1) is 8.89. The van der Waals surface area contributed by atoms with E-state index in [9.17, 15) is 4.79 Å². The summed E-state index contributed by atoms with van der Waals surface area (Å²) in [7, 11) is 1.59. The third-order valence-corrected chi connectivity index (χ3v) is 3.24. The van der Waals surface area contributed by atoms with Crippen LogP contribution in [0.4, 0.5) is 0 Å². The first-order valence-electron chi connectivity index (χ1n) is 6.15. The van der Waals surface area contributed by atoms with E-state index >= 15 is 0 Å². The van der Waals surface area contributed by atoms with E-state index in [1.54, 1.807) is 25.3 Å². The van der Waals surface area contributed by atoms with E-state index in [0.29, 0.717) is 24.5 Å². The van der Waals surface area contributed by atoms with Crippen LogP contribution in [0.1, 0.15) is 31.1 Å². The van der Waals surface area contributed by atoms with E-state index in [1.807, 2.05) is 20.8 Å². The average molecular weight is 330 g/mol. The highest BCUT2D eigenvalue weighted by molar-refractivity contribution is 9.10. The van der Waals surface area contributed by atoms with Crippen LogP contribution in [0.15, 0.2) is 22.7 Å². The lowest BCUT2D eigenvalue weighted by molar-refractivity contribution is -0.00815. The van der Waals surface area contributed by atoms with Gasteiger partial charge in [0.2, 0.25) is 0 Å². The van der Waals surface area contributed by atoms with E-state index in [4.69, 9.17) is 9.47 Å². The number of carbonyl (C=O) groups is 1. The topological polar surface area (TPSA) is 47.6 Å². The van der Waals surface area contributed by atoms with E-state index in [0.717, 1.165) is 4.47 Å². The molecule has 0 saturated carbocycles. The molecule has 1 aromatic rings. The Morgan fingerprint density at radius 3 is 2.63 bits per heavy atom. The predicted octanol–water partition coefficient (Wildman–Crippen LogP) is 3.00. The molecule has 1 amide bonds. The summed E-state index contributed by atoms with van der Waals surface area (Å²) in [4.78, 5) is 12.0. The maximum Gasteiger partial charge on any atom is 0.251 e. The number of halogens is 1. The van der Waals surface area contributed by atoms with Crippen LogP contribution >= 0.6 is 15.9 Å². The molecule has 1 rings (SSSR count). The van der Waals surface area contributed by atoms with Gasteiger partial charge in [-0.15, -0.1) is 0 Å². The van der Waals surface area contributed by atoms with Gasteiger partial charge in [-0.3, -0.25) is 4.79 Å². The molecule has 1 N–H and O–H groups in total. The molecule has 4 nitrogen and oxygen atoms in total. The minimum absolute atomic E-state index is 0.129. The molecule has 0 atom stereocenters. The van der Waals surface area contributed by atoms with Crippen LogP contribution in [0.25, 0.3) is 0 Å². The first kappa shape index (κ1) is 16.0. The molecule has 0 unspecified atom stereocenters. The molecule has 0 radical (unpaired) electrons. The van der Waals surface area contributed by atoms with Gasteiger partial charge in [0.15, 0.2) is 0 Å². The van der Waals surface area contributed by atoms with Gasteiger partial charge in [0.1, 0.15) is 5.75 Å². The van der Waals surface area contributed by atoms with Gasteiger partial charge < -0.3 is 14.8 Å². The summed E-state index contributed by atoms with van der Waals surface area (Å²) in [6, 6.07) is 5.22. The Morgan fingerprint density at radius 1 is 1.42 bits per heavy atom. The Balaban J connectivity index is 2.66. The number of carbonyl (C=O) groups excluding carboxylic acids is 1. The summed E-state index contributed by atoms with van der Waals surface area (Å²) in [5, 5.41) is 2.86. The summed E-state index contributed by atoms with van der Waals surface area (Å²) >= 11 is 3.36. The monoisotopic (exact) mass is 329 g/mol. The normalized spacial score (nSPS) is 11.2. The first-order valence-corrected chi connectivity index (χ1v) is 6.94. The van der Waals surface area contributed by atoms with Gasteiger partial charge in [-0.05, 0) is 54.9 Å². The molecule has 19 heavy (non-hydrogen) atoms. The van der Waals surface area contributed by atoms with Gasteiger partial charge in [-0.25, -0.2) is 0 Å². The molecular weight excluding hydrogens is 310 g/mol. The van der Waals surface area contributed by atoms with Crippen molar-refractivity contribution in [2.75, 3.05) is 20.3 Å². The SMILES string of the molecule is CCOC(C)(C)CNC(=O)c1ccc(OC)c(Br)c1. The van der Waals surface area contributed by atoms with Crippen molar-refractivity contribution in [3.63, 3.8) is 0 Å². The number of hydrogen-bond acceptors (Lipinski definition) is 3. The van der Waals surface area contributed by atoms with Crippen LogP contribution in [0, 0.1) is 0 Å². The zero-order chi connectivity index (χ0) is 14.5. The van der Waals surface area contributed by atoms with Crippen LogP contribution in [-0.4, -0.2) is 31.8 Å². The molecule has 0 saturated heterocycles. The van der Waals surface area contributed by atoms with Crippen LogP contribution in [0.2, 0.25) is 0 Å². The largest absolute Gasteiger partial charge is 0.496 e. The molecular formula is C14H20BrNO3. The zero-order valence-corrected chi connectivity index (χ0v) is 13.3. The second kappa shape index (κ2) is 6.91. The third-order valence-electron chi connectivity index (χ3n) is 2.62. The Morgan fingerprint density at radius 2 is 2.11 bits per heavy atom. The van der Waals surface area contributed by atoms with Gasteiger partial charge in [-0.1, -0.05) is 0 Å². The predicted molar refractivity (Wildman–Crippen MR) is 78.7 cm³/mol. The van der Waals surface area contributed by atoms with Crippen LogP contribution < -0.4 is 10.1 Å². The van der Waals surface area contributed by atoms with Gasteiger partial charge in [0, 0.05) is 18.7 Å². The fraction of sp³-hybridized carbons (Fsp3) is 0.500. The number of ether oxygens (including phenoxy) is 2. The molecule has 106 valence electrons. The van der Waals surface area contributed by atoms with Crippen molar-refractivity contribution in [2.45, 2.75) is 26.4 Å². The van der Waals surface area contributed by atoms with Crippen molar-refractivity contribution in [3.05, 3.63) is 28.2 Å². The van der Waals surface area contributed by atoms with Crippen molar-refractivity contribution in [1.29, 1.82) is 0 Å². The quantitative estimate of drug-likeness (QED) is 0.872. The van der Waals surface area contributed by atoms with Gasteiger partial charge in [0.25, 0.3) is 5.91 Å². The fourth-order valence-electron chi connectivity index (χ4n) is 1.64. The van der Waals surface area contributed by atoms with E-state index in [1.165, 1.54) is 0 Å². The molecule has 1 aromatic carbocycles. The fourth-order valence-corrected chi connectivity index (χ4v) is 2.19. The molecule has 0 aliphatic heterocycles. The number of nitrogens with one attached hydrogen (secondary N) is 1. The summed E-state index contributed by atoms with van der Waals surface area (Å²) < 4.78 is 11.4. The molecule has 0 spiro atoms. The van der Waals surface area contributed by atoms with E-state index in [-0.39, 0.29) is 11.5 Å². The summed E-state index contributed by atoms with van der Waals surface area (Å²) in [6.45, 7) is 6.91. The Bertz CT molecular complexity index is 446. The average Bonchev–Trinajstić information content (AvgIpc) is 2.36. The van der Waals surface area contributed by atoms with Crippen molar-refractivity contribution in [1.82, 2.24) is 5.32 Å². The van der Waals surface area contributed by atoms with Gasteiger partial charge in [-0.2, -0.15) is 0 Å². The van der Waals surface area contributed by atoms with Crippen LogP contribution in [0.5, 0.6) is 5.75 Å². The minimum Gasteiger partial charge on any atom is -0.496 e. The Hall–Kier alpha value is -1.07. The second-order valence-electron chi connectivity index (χ2n) is 4.72. The van der Waals surface area contributed by atoms with Crippen molar-refractivity contribution >= 4 is 21.8 Å². The number of benzene rings is 1. The zero-order valence-electron chi connectivity index (χ0n) is 11.7. The van der Waals surface area contributed by atoms with Crippen LogP contribution in [-0.2, 0) is 4.74 Å². The summed E-state index contributed by atoms with van der Waals surface area (Å²) in [6.07, 6.45) is 0. The molecule has 0 bridgehead atoms. The standard InChI is InChI=1S/C14H20BrNO3/c1-5-19-14(2,3)9-16-13(17)10-6-7-12(18-4)11(15)8-10/h6-8H,5,9H2,1-4H3,(H,16,17). The van der Waals surface area contributed by atoms with Crippen LogP contribution in [0.3, 0.4) is 0 Å². The molecule has 0 fully saturated rings. The molecule has 0 aliphatic rings. The summed E-state index contributed by atoms with van der Waals surface area (Å²) in [5.41, 5.74) is 0.216. The highest BCUT2D eigenvalue weighted by atomic mass is 79.9. The number of amides is 1.